The summed E-state index contributed by atoms with van der Waals surface area (Å²) >= 11 is 0. The number of aliphatic carboxylic acids is 1. The molecular weight excluding hydrogens is 244 g/mol. The van der Waals surface area contributed by atoms with Crippen molar-refractivity contribution in [3.63, 3.8) is 0 Å². The second-order valence-corrected chi connectivity index (χ2v) is 5.78. The van der Waals surface area contributed by atoms with Gasteiger partial charge in [-0.25, -0.2) is 0 Å². The Bertz CT molecular complexity index is 312. The lowest BCUT2D eigenvalue weighted by molar-refractivity contribution is -0.138. The highest BCUT2D eigenvalue weighted by atomic mass is 16.4. The average molecular weight is 270 g/mol. The van der Waals surface area contributed by atoms with Crippen molar-refractivity contribution in [2.24, 2.45) is 11.7 Å². The molecule has 0 aliphatic heterocycles. The van der Waals surface area contributed by atoms with Crippen LogP contribution in [-0.4, -0.2) is 29.1 Å². The molecule has 0 radical (unpaired) electrons. The number of hydrogen-bond acceptors (Lipinski definition) is 3. The monoisotopic (exact) mass is 270 g/mol. The lowest BCUT2D eigenvalue weighted by atomic mass is 9.80. The Labute approximate surface area is 114 Å². The SMILES string of the molecule is CCC(CNC(=O)CC1(N)CCCCC1)CC(=O)O. The minimum atomic E-state index is -0.816. The van der Waals surface area contributed by atoms with E-state index in [1.807, 2.05) is 6.92 Å². The van der Waals surface area contributed by atoms with Gasteiger partial charge in [0.2, 0.25) is 5.91 Å². The number of carboxylic acids is 1. The van der Waals surface area contributed by atoms with E-state index in [-0.39, 0.29) is 23.8 Å². The zero-order chi connectivity index (χ0) is 14.3. The van der Waals surface area contributed by atoms with Crippen LogP contribution in [0.1, 0.15) is 58.3 Å². The molecule has 5 heteroatoms. The van der Waals surface area contributed by atoms with Gasteiger partial charge in [0.1, 0.15) is 0 Å². The fraction of sp³-hybridized carbons (Fsp3) is 0.857. The zero-order valence-corrected chi connectivity index (χ0v) is 11.8. The molecule has 0 saturated heterocycles. The van der Waals surface area contributed by atoms with Crippen LogP contribution >= 0.6 is 0 Å². The first-order valence-electron chi connectivity index (χ1n) is 7.22. The highest BCUT2D eigenvalue weighted by Gasteiger charge is 2.30. The summed E-state index contributed by atoms with van der Waals surface area (Å²) in [6.07, 6.45) is 6.43. The van der Waals surface area contributed by atoms with Gasteiger partial charge in [-0.1, -0.05) is 32.6 Å². The van der Waals surface area contributed by atoms with Crippen molar-refractivity contribution in [1.29, 1.82) is 0 Å². The van der Waals surface area contributed by atoms with Crippen LogP contribution < -0.4 is 11.1 Å². The van der Waals surface area contributed by atoms with Gasteiger partial charge in [-0.15, -0.1) is 0 Å². The van der Waals surface area contributed by atoms with Gasteiger partial charge < -0.3 is 16.2 Å². The smallest absolute Gasteiger partial charge is 0.303 e. The van der Waals surface area contributed by atoms with E-state index in [2.05, 4.69) is 5.32 Å². The van der Waals surface area contributed by atoms with E-state index in [0.717, 1.165) is 32.1 Å². The summed E-state index contributed by atoms with van der Waals surface area (Å²) in [6.45, 7) is 2.36. The summed E-state index contributed by atoms with van der Waals surface area (Å²) in [4.78, 5) is 22.5. The Morgan fingerprint density at radius 1 is 1.32 bits per heavy atom. The van der Waals surface area contributed by atoms with Crippen LogP contribution in [0.25, 0.3) is 0 Å². The van der Waals surface area contributed by atoms with Crippen molar-refractivity contribution < 1.29 is 14.7 Å². The summed E-state index contributed by atoms with van der Waals surface area (Å²) in [5.74, 6) is -0.863. The highest BCUT2D eigenvalue weighted by Crippen LogP contribution is 2.28. The van der Waals surface area contributed by atoms with Crippen LogP contribution in [0.4, 0.5) is 0 Å². The standard InChI is InChI=1S/C14H26N2O3/c1-2-11(8-13(18)19)10-16-12(17)9-14(15)6-4-3-5-7-14/h11H,2-10,15H2,1H3,(H,16,17)(H,18,19). The second-order valence-electron chi connectivity index (χ2n) is 5.78. The molecule has 0 aromatic heterocycles. The van der Waals surface area contributed by atoms with Crippen molar-refractivity contribution in [1.82, 2.24) is 5.32 Å². The van der Waals surface area contributed by atoms with Crippen molar-refractivity contribution in [2.45, 2.75) is 63.8 Å². The fourth-order valence-electron chi connectivity index (χ4n) is 2.68. The van der Waals surface area contributed by atoms with E-state index in [1.54, 1.807) is 0 Å². The summed E-state index contributed by atoms with van der Waals surface area (Å²) in [5.41, 5.74) is 5.87. The molecule has 4 N–H and O–H groups in total. The largest absolute Gasteiger partial charge is 0.481 e. The number of carbonyl (C=O) groups is 2. The van der Waals surface area contributed by atoms with Gasteiger partial charge in [0, 0.05) is 24.9 Å². The number of amides is 1. The third-order valence-corrected chi connectivity index (χ3v) is 3.99. The molecule has 1 atom stereocenters. The normalized spacial score (nSPS) is 19.7. The van der Waals surface area contributed by atoms with Crippen molar-refractivity contribution in [2.75, 3.05) is 6.54 Å². The van der Waals surface area contributed by atoms with E-state index < -0.39 is 5.97 Å². The van der Waals surface area contributed by atoms with Gasteiger partial charge in [0.05, 0.1) is 0 Å². The summed E-state index contributed by atoms with van der Waals surface area (Å²) in [6, 6.07) is 0. The maximum atomic E-state index is 11.9. The zero-order valence-electron chi connectivity index (χ0n) is 11.8. The van der Waals surface area contributed by atoms with Gasteiger partial charge in [0.25, 0.3) is 0 Å². The van der Waals surface area contributed by atoms with Crippen molar-refractivity contribution in [3.8, 4) is 0 Å². The molecule has 0 aromatic rings. The van der Waals surface area contributed by atoms with Gasteiger partial charge >= 0.3 is 5.97 Å². The summed E-state index contributed by atoms with van der Waals surface area (Å²) in [5, 5.41) is 11.6. The molecular formula is C14H26N2O3. The van der Waals surface area contributed by atoms with E-state index in [1.165, 1.54) is 6.42 Å². The predicted molar refractivity (Wildman–Crippen MR) is 73.7 cm³/mol. The third-order valence-electron chi connectivity index (χ3n) is 3.99. The number of carboxylic acid groups (broad SMARTS) is 1. The van der Waals surface area contributed by atoms with Crippen LogP contribution in [0.15, 0.2) is 0 Å². The van der Waals surface area contributed by atoms with E-state index >= 15 is 0 Å². The molecule has 0 bridgehead atoms. The molecule has 0 aromatic carbocycles. The van der Waals surface area contributed by atoms with Crippen molar-refractivity contribution >= 4 is 11.9 Å². The Hall–Kier alpha value is -1.10. The molecule has 0 spiro atoms. The van der Waals surface area contributed by atoms with Crippen LogP contribution in [0.3, 0.4) is 0 Å². The number of hydrogen-bond donors (Lipinski definition) is 3. The first-order chi connectivity index (χ1) is 8.95. The van der Waals surface area contributed by atoms with Gasteiger partial charge in [-0.2, -0.15) is 0 Å². The number of nitrogens with one attached hydrogen (secondary N) is 1. The highest BCUT2D eigenvalue weighted by molar-refractivity contribution is 5.77. The van der Waals surface area contributed by atoms with Crippen LogP contribution in [0.2, 0.25) is 0 Å². The van der Waals surface area contributed by atoms with Gasteiger partial charge in [-0.05, 0) is 18.8 Å². The summed E-state index contributed by atoms with van der Waals surface area (Å²) < 4.78 is 0. The quantitative estimate of drug-likeness (QED) is 0.656. The average Bonchev–Trinajstić information content (AvgIpc) is 2.34. The molecule has 5 nitrogen and oxygen atoms in total. The van der Waals surface area contributed by atoms with E-state index in [4.69, 9.17) is 10.8 Å². The number of nitrogens with two attached hydrogens (primary N) is 1. The predicted octanol–water partition coefficient (Wildman–Crippen LogP) is 1.66. The molecule has 1 aliphatic rings. The lowest BCUT2D eigenvalue weighted by Crippen LogP contribution is -2.46. The third kappa shape index (κ3) is 6.05. The minimum absolute atomic E-state index is 0.00142. The van der Waals surface area contributed by atoms with E-state index in [0.29, 0.717) is 13.0 Å². The van der Waals surface area contributed by atoms with Gasteiger partial charge in [-0.3, -0.25) is 9.59 Å². The number of rotatable bonds is 7. The van der Waals surface area contributed by atoms with Crippen LogP contribution in [-0.2, 0) is 9.59 Å². The van der Waals surface area contributed by atoms with Crippen LogP contribution in [0.5, 0.6) is 0 Å². The lowest BCUT2D eigenvalue weighted by Gasteiger charge is -2.32. The topological polar surface area (TPSA) is 92.4 Å². The first-order valence-corrected chi connectivity index (χ1v) is 7.22. The van der Waals surface area contributed by atoms with E-state index in [9.17, 15) is 9.59 Å². The molecule has 1 unspecified atom stereocenters. The summed E-state index contributed by atoms with van der Waals surface area (Å²) in [7, 11) is 0. The molecule has 19 heavy (non-hydrogen) atoms. The fourth-order valence-corrected chi connectivity index (χ4v) is 2.68. The molecule has 0 heterocycles. The Kier molecular flexibility index (Phi) is 6.28. The minimum Gasteiger partial charge on any atom is -0.481 e. The molecule has 110 valence electrons. The molecule has 1 aliphatic carbocycles. The number of carbonyl (C=O) groups excluding carboxylic acids is 1. The molecule has 1 amide bonds. The van der Waals surface area contributed by atoms with Crippen molar-refractivity contribution in [3.05, 3.63) is 0 Å². The maximum absolute atomic E-state index is 11.9. The van der Waals surface area contributed by atoms with Crippen LogP contribution in [0, 0.1) is 5.92 Å². The Balaban J connectivity index is 2.31. The maximum Gasteiger partial charge on any atom is 0.303 e. The molecule has 1 saturated carbocycles. The Morgan fingerprint density at radius 3 is 2.47 bits per heavy atom. The molecule has 1 fully saturated rings. The first kappa shape index (κ1) is 16.0. The molecule has 1 rings (SSSR count). The van der Waals surface area contributed by atoms with Gasteiger partial charge in [0.15, 0.2) is 0 Å². The second kappa shape index (κ2) is 7.48. The Morgan fingerprint density at radius 2 is 1.95 bits per heavy atom.